The van der Waals surface area contributed by atoms with Gasteiger partial charge in [0, 0.05) is 12.6 Å². The maximum Gasteiger partial charge on any atom is 0.234 e. The van der Waals surface area contributed by atoms with Gasteiger partial charge in [0.15, 0.2) is 11.0 Å². The highest BCUT2D eigenvalue weighted by Crippen LogP contribution is 2.25. The van der Waals surface area contributed by atoms with Crippen LogP contribution in [0.4, 0.5) is 5.69 Å². The standard InChI is InChI=1S/C23H24N6OS/c1-15-10-12-18(13-11-15)22-25-26-23(28(22)4)31-14-20(30)24-21-16(2)27-29(17(21)3)19-8-6-5-7-9-19/h5-13H,14H2,1-4H3,(H,24,30). The number of anilines is 1. The third kappa shape index (κ3) is 4.39. The van der Waals surface area contributed by atoms with Gasteiger partial charge in [-0.1, -0.05) is 59.8 Å². The molecule has 1 amide bonds. The van der Waals surface area contributed by atoms with E-state index in [0.717, 1.165) is 34.2 Å². The van der Waals surface area contributed by atoms with Crippen LogP contribution in [0.1, 0.15) is 17.0 Å². The van der Waals surface area contributed by atoms with Crippen LogP contribution in [0.15, 0.2) is 59.8 Å². The zero-order chi connectivity index (χ0) is 22.0. The highest BCUT2D eigenvalue weighted by molar-refractivity contribution is 7.99. The number of hydrogen-bond donors (Lipinski definition) is 1. The number of amides is 1. The molecular weight excluding hydrogens is 408 g/mol. The van der Waals surface area contributed by atoms with E-state index in [0.29, 0.717) is 5.16 Å². The van der Waals surface area contributed by atoms with Gasteiger partial charge in [-0.3, -0.25) is 4.79 Å². The molecule has 2 heterocycles. The Balaban J connectivity index is 1.44. The van der Waals surface area contributed by atoms with Crippen LogP contribution in [0.3, 0.4) is 0 Å². The van der Waals surface area contributed by atoms with Crippen LogP contribution < -0.4 is 5.32 Å². The zero-order valence-corrected chi connectivity index (χ0v) is 18.8. The van der Waals surface area contributed by atoms with Crippen LogP contribution in [0.25, 0.3) is 17.1 Å². The number of carbonyl (C=O) groups excluding carboxylic acids is 1. The molecule has 0 unspecified atom stereocenters. The van der Waals surface area contributed by atoms with E-state index in [1.54, 1.807) is 0 Å². The lowest BCUT2D eigenvalue weighted by molar-refractivity contribution is -0.113. The Bertz CT molecular complexity index is 1210. The number of rotatable bonds is 6. The van der Waals surface area contributed by atoms with Crippen LogP contribution in [-0.2, 0) is 11.8 Å². The second-order valence-electron chi connectivity index (χ2n) is 7.36. The van der Waals surface area contributed by atoms with Gasteiger partial charge in [0.1, 0.15) is 0 Å². The van der Waals surface area contributed by atoms with Crippen molar-refractivity contribution in [3.05, 3.63) is 71.5 Å². The lowest BCUT2D eigenvalue weighted by Crippen LogP contribution is -2.15. The van der Waals surface area contributed by atoms with E-state index >= 15 is 0 Å². The summed E-state index contributed by atoms with van der Waals surface area (Å²) in [7, 11) is 1.91. The summed E-state index contributed by atoms with van der Waals surface area (Å²) < 4.78 is 3.75. The number of thioether (sulfide) groups is 1. The molecule has 7 nitrogen and oxygen atoms in total. The molecule has 2 aromatic carbocycles. The average molecular weight is 433 g/mol. The highest BCUT2D eigenvalue weighted by atomic mass is 32.2. The Morgan fingerprint density at radius 2 is 1.71 bits per heavy atom. The minimum Gasteiger partial charge on any atom is -0.322 e. The SMILES string of the molecule is Cc1ccc(-c2nnc(SCC(=O)Nc3c(C)nn(-c4ccccc4)c3C)n2C)cc1. The summed E-state index contributed by atoms with van der Waals surface area (Å²) >= 11 is 1.36. The fourth-order valence-electron chi connectivity index (χ4n) is 3.34. The predicted molar refractivity (Wildman–Crippen MR) is 124 cm³/mol. The molecule has 31 heavy (non-hydrogen) atoms. The molecule has 0 radical (unpaired) electrons. The summed E-state index contributed by atoms with van der Waals surface area (Å²) in [5, 5.41) is 16.8. The smallest absolute Gasteiger partial charge is 0.234 e. The number of aromatic nitrogens is 5. The molecule has 0 spiro atoms. The van der Waals surface area contributed by atoms with Crippen LogP contribution in [0.5, 0.6) is 0 Å². The van der Waals surface area contributed by atoms with Crippen molar-refractivity contribution in [3.8, 4) is 17.1 Å². The van der Waals surface area contributed by atoms with Crippen molar-refractivity contribution in [2.24, 2.45) is 7.05 Å². The van der Waals surface area contributed by atoms with E-state index < -0.39 is 0 Å². The topological polar surface area (TPSA) is 77.6 Å². The Morgan fingerprint density at radius 3 is 2.42 bits per heavy atom. The van der Waals surface area contributed by atoms with Gasteiger partial charge in [-0.05, 0) is 32.9 Å². The monoisotopic (exact) mass is 432 g/mol. The third-order valence-corrected chi connectivity index (χ3v) is 6.05. The minimum absolute atomic E-state index is 0.108. The van der Waals surface area contributed by atoms with Gasteiger partial charge >= 0.3 is 0 Å². The molecule has 0 saturated carbocycles. The van der Waals surface area contributed by atoms with E-state index in [4.69, 9.17) is 0 Å². The van der Waals surface area contributed by atoms with Gasteiger partial charge in [0.25, 0.3) is 0 Å². The Morgan fingerprint density at radius 1 is 1.00 bits per heavy atom. The van der Waals surface area contributed by atoms with E-state index in [1.165, 1.54) is 17.3 Å². The first-order chi connectivity index (χ1) is 14.9. The lowest BCUT2D eigenvalue weighted by Gasteiger charge is -2.07. The molecule has 8 heteroatoms. The third-order valence-electron chi connectivity index (χ3n) is 5.03. The molecule has 0 saturated heterocycles. The fourth-order valence-corrected chi connectivity index (χ4v) is 4.06. The molecular formula is C23H24N6OS. The average Bonchev–Trinajstić information content (AvgIpc) is 3.28. The number of nitrogens with zero attached hydrogens (tertiary/aromatic N) is 5. The Kier molecular flexibility index (Phi) is 5.90. The van der Waals surface area contributed by atoms with E-state index in [1.807, 2.05) is 91.7 Å². The first-order valence-electron chi connectivity index (χ1n) is 9.94. The normalized spacial score (nSPS) is 11.0. The van der Waals surface area contributed by atoms with Gasteiger partial charge in [-0.15, -0.1) is 10.2 Å². The number of nitrogens with one attached hydrogen (secondary N) is 1. The maximum absolute atomic E-state index is 12.6. The Hall–Kier alpha value is -3.39. The summed E-state index contributed by atoms with van der Waals surface area (Å²) in [4.78, 5) is 12.6. The van der Waals surface area contributed by atoms with E-state index in [-0.39, 0.29) is 11.7 Å². The molecule has 2 aromatic heterocycles. The van der Waals surface area contributed by atoms with Crippen molar-refractivity contribution in [3.63, 3.8) is 0 Å². The van der Waals surface area contributed by atoms with Gasteiger partial charge in [0.2, 0.25) is 5.91 Å². The van der Waals surface area contributed by atoms with Gasteiger partial charge in [-0.25, -0.2) is 4.68 Å². The van der Waals surface area contributed by atoms with Gasteiger partial charge < -0.3 is 9.88 Å². The molecule has 158 valence electrons. The van der Waals surface area contributed by atoms with Crippen LogP contribution in [0, 0.1) is 20.8 Å². The molecule has 0 aliphatic carbocycles. The van der Waals surface area contributed by atoms with Crippen LogP contribution >= 0.6 is 11.8 Å². The second kappa shape index (κ2) is 8.77. The largest absolute Gasteiger partial charge is 0.322 e. The first-order valence-corrected chi connectivity index (χ1v) is 10.9. The second-order valence-corrected chi connectivity index (χ2v) is 8.30. The summed E-state index contributed by atoms with van der Waals surface area (Å²) in [6, 6.07) is 18.0. The zero-order valence-electron chi connectivity index (χ0n) is 18.0. The molecule has 0 atom stereocenters. The van der Waals surface area contributed by atoms with Crippen molar-refractivity contribution in [2.75, 3.05) is 11.1 Å². The maximum atomic E-state index is 12.6. The number of benzene rings is 2. The minimum atomic E-state index is -0.108. The van der Waals surface area contributed by atoms with E-state index in [9.17, 15) is 4.79 Å². The fraction of sp³-hybridized carbons (Fsp3) is 0.217. The molecule has 0 bridgehead atoms. The number of carbonyl (C=O) groups is 1. The first kappa shape index (κ1) is 20.9. The molecule has 4 aromatic rings. The summed E-state index contributed by atoms with van der Waals surface area (Å²) in [6.45, 7) is 5.89. The highest BCUT2D eigenvalue weighted by Gasteiger charge is 2.17. The lowest BCUT2D eigenvalue weighted by atomic mass is 10.1. The van der Waals surface area contributed by atoms with Crippen molar-refractivity contribution in [2.45, 2.75) is 25.9 Å². The van der Waals surface area contributed by atoms with Gasteiger partial charge in [0.05, 0.1) is 28.5 Å². The van der Waals surface area contributed by atoms with Gasteiger partial charge in [-0.2, -0.15) is 5.10 Å². The number of hydrogen-bond acceptors (Lipinski definition) is 5. The molecule has 1 N–H and O–H groups in total. The van der Waals surface area contributed by atoms with Crippen LogP contribution in [0.2, 0.25) is 0 Å². The van der Waals surface area contributed by atoms with E-state index in [2.05, 4.69) is 20.6 Å². The summed E-state index contributed by atoms with van der Waals surface area (Å²) in [5.74, 6) is 0.900. The summed E-state index contributed by atoms with van der Waals surface area (Å²) in [6.07, 6.45) is 0. The Labute approximate surface area is 185 Å². The quantitative estimate of drug-likeness (QED) is 0.459. The summed E-state index contributed by atoms with van der Waals surface area (Å²) in [5.41, 5.74) is 5.56. The number of aryl methyl sites for hydroxylation is 2. The number of para-hydroxylation sites is 1. The molecule has 4 rings (SSSR count). The predicted octanol–water partition coefficient (Wildman–Crippen LogP) is 4.32. The van der Waals surface area contributed by atoms with Crippen molar-refractivity contribution in [1.29, 1.82) is 0 Å². The van der Waals surface area contributed by atoms with Crippen molar-refractivity contribution < 1.29 is 4.79 Å². The van der Waals surface area contributed by atoms with Crippen molar-refractivity contribution >= 4 is 23.4 Å². The molecule has 0 aliphatic rings. The molecule has 0 fully saturated rings. The molecule has 0 aliphatic heterocycles. The van der Waals surface area contributed by atoms with Crippen LogP contribution in [-0.4, -0.2) is 36.2 Å². The van der Waals surface area contributed by atoms with Crippen molar-refractivity contribution in [1.82, 2.24) is 24.5 Å².